The molecule has 4 rings (SSSR count). The summed E-state index contributed by atoms with van der Waals surface area (Å²) in [5.41, 5.74) is 0.293. The molecule has 2 fully saturated rings. The predicted molar refractivity (Wildman–Crippen MR) is 151 cm³/mol. The third-order valence-electron chi connectivity index (χ3n) is 9.49. The minimum Gasteiger partial charge on any atom is -0.389 e. The molecule has 0 bridgehead atoms. The van der Waals surface area contributed by atoms with Crippen LogP contribution in [0.2, 0.25) is 0 Å². The molecule has 0 radical (unpaired) electrons. The normalized spacial score (nSPS) is 36.0. The van der Waals surface area contributed by atoms with E-state index in [4.69, 9.17) is 16.3 Å². The molecule has 0 aromatic carbocycles. The molecule has 1 aliphatic heterocycles. The first-order chi connectivity index (χ1) is 17.3. The van der Waals surface area contributed by atoms with E-state index in [1.54, 1.807) is 0 Å². The zero-order chi connectivity index (χ0) is 25.5. The molecule has 1 saturated heterocycles. The summed E-state index contributed by atoms with van der Waals surface area (Å²) in [7, 11) is 1.84. The van der Waals surface area contributed by atoms with Gasteiger partial charge in [-0.1, -0.05) is 56.2 Å². The van der Waals surface area contributed by atoms with Crippen LogP contribution in [-0.4, -0.2) is 62.0 Å². The molecular weight excluding hydrogens is 468 g/mol. The van der Waals surface area contributed by atoms with Crippen LogP contribution in [0, 0.1) is 35.0 Å². The van der Waals surface area contributed by atoms with Crippen molar-refractivity contribution >= 4 is 11.6 Å². The molecule has 5 heteroatoms. The molecular formula is C31H51ClN2O2. The lowest BCUT2D eigenvalue weighted by Gasteiger charge is -2.48. The van der Waals surface area contributed by atoms with Crippen molar-refractivity contribution in [2.45, 2.75) is 83.8 Å². The maximum Gasteiger partial charge on any atom is 0.0721 e. The first-order valence-corrected chi connectivity index (χ1v) is 15.0. The Morgan fingerprint density at radius 1 is 1.14 bits per heavy atom. The SMILES string of the molecule is COCC1CCCC(CN[C@H](CC2C=CC(O)CC2)CN2CCC(C3C=CC(Cl)=CC3)C(C)(C)C2)C1. The molecule has 2 N–H and O–H groups in total. The van der Waals surface area contributed by atoms with Crippen LogP contribution in [0.3, 0.4) is 0 Å². The van der Waals surface area contributed by atoms with Crippen molar-refractivity contribution in [2.24, 2.45) is 35.0 Å². The van der Waals surface area contributed by atoms with Crippen molar-refractivity contribution in [3.8, 4) is 0 Å². The highest BCUT2D eigenvalue weighted by molar-refractivity contribution is 6.31. The molecule has 0 aromatic rings. The molecule has 4 nitrogen and oxygen atoms in total. The van der Waals surface area contributed by atoms with E-state index in [2.05, 4.69) is 48.4 Å². The van der Waals surface area contributed by atoms with E-state index < -0.39 is 0 Å². The van der Waals surface area contributed by atoms with Gasteiger partial charge in [0.25, 0.3) is 0 Å². The Morgan fingerprint density at radius 2 is 1.97 bits per heavy atom. The van der Waals surface area contributed by atoms with Gasteiger partial charge in [0.05, 0.1) is 6.10 Å². The maximum atomic E-state index is 9.93. The summed E-state index contributed by atoms with van der Waals surface area (Å²) < 4.78 is 5.47. The smallest absolute Gasteiger partial charge is 0.0721 e. The Labute approximate surface area is 225 Å². The van der Waals surface area contributed by atoms with Crippen LogP contribution in [0.1, 0.15) is 71.6 Å². The van der Waals surface area contributed by atoms with Crippen molar-refractivity contribution in [1.29, 1.82) is 0 Å². The number of nitrogens with zero attached hydrogens (tertiary/aromatic N) is 1. The summed E-state index contributed by atoms with van der Waals surface area (Å²) in [6.45, 7) is 10.5. The van der Waals surface area contributed by atoms with E-state index in [1.165, 1.54) is 45.1 Å². The summed E-state index contributed by atoms with van der Waals surface area (Å²) in [5, 5.41) is 14.9. The summed E-state index contributed by atoms with van der Waals surface area (Å²) in [6, 6.07) is 0.501. The first kappa shape index (κ1) is 28.4. The second-order valence-corrected chi connectivity index (χ2v) is 13.4. The average molecular weight is 519 g/mol. The van der Waals surface area contributed by atoms with Gasteiger partial charge >= 0.3 is 0 Å². The van der Waals surface area contributed by atoms with Crippen LogP contribution in [0.5, 0.6) is 0 Å². The molecule has 3 aliphatic carbocycles. The number of ether oxygens (including phenoxy) is 1. The van der Waals surface area contributed by atoms with E-state index >= 15 is 0 Å². The number of halogens is 1. The molecule has 4 aliphatic rings. The Balaban J connectivity index is 1.34. The van der Waals surface area contributed by atoms with Gasteiger partial charge in [-0.15, -0.1) is 0 Å². The fourth-order valence-electron chi connectivity index (χ4n) is 7.61. The molecule has 204 valence electrons. The molecule has 36 heavy (non-hydrogen) atoms. The molecule has 0 spiro atoms. The number of rotatable bonds is 10. The average Bonchev–Trinajstić information content (AvgIpc) is 2.85. The minimum atomic E-state index is -0.244. The van der Waals surface area contributed by atoms with Gasteiger partial charge in [-0.05, 0) is 106 Å². The fraction of sp³-hybridized carbons (Fsp3) is 0.806. The van der Waals surface area contributed by atoms with Crippen LogP contribution in [0.25, 0.3) is 0 Å². The molecule has 1 saturated carbocycles. The Bertz CT molecular complexity index is 777. The van der Waals surface area contributed by atoms with Gasteiger partial charge in [0.15, 0.2) is 0 Å². The van der Waals surface area contributed by atoms with Crippen molar-refractivity contribution < 1.29 is 9.84 Å². The minimum absolute atomic E-state index is 0.244. The van der Waals surface area contributed by atoms with Crippen molar-refractivity contribution in [3.05, 3.63) is 35.4 Å². The van der Waals surface area contributed by atoms with Crippen molar-refractivity contribution in [1.82, 2.24) is 10.2 Å². The fourth-order valence-corrected chi connectivity index (χ4v) is 7.77. The number of piperidine rings is 1. The largest absolute Gasteiger partial charge is 0.389 e. The lowest BCUT2D eigenvalue weighted by molar-refractivity contribution is 0.0261. The maximum absolute atomic E-state index is 9.93. The zero-order valence-electron chi connectivity index (χ0n) is 23.0. The van der Waals surface area contributed by atoms with Gasteiger partial charge in [-0.2, -0.15) is 0 Å². The third kappa shape index (κ3) is 8.17. The third-order valence-corrected chi connectivity index (χ3v) is 9.77. The highest BCUT2D eigenvalue weighted by Crippen LogP contribution is 2.43. The summed E-state index contributed by atoms with van der Waals surface area (Å²) in [5.74, 6) is 3.40. The topological polar surface area (TPSA) is 44.7 Å². The van der Waals surface area contributed by atoms with Crippen molar-refractivity contribution in [3.63, 3.8) is 0 Å². The predicted octanol–water partition coefficient (Wildman–Crippen LogP) is 6.16. The van der Waals surface area contributed by atoms with Gasteiger partial charge < -0.3 is 20.1 Å². The van der Waals surface area contributed by atoms with Gasteiger partial charge in [0.2, 0.25) is 0 Å². The number of allylic oxidation sites excluding steroid dienone is 5. The van der Waals surface area contributed by atoms with Crippen LogP contribution >= 0.6 is 11.6 Å². The van der Waals surface area contributed by atoms with Crippen LogP contribution < -0.4 is 5.32 Å². The quantitative estimate of drug-likeness (QED) is 0.340. The molecule has 6 unspecified atom stereocenters. The van der Waals surface area contributed by atoms with Gasteiger partial charge in [0, 0.05) is 37.9 Å². The number of methoxy groups -OCH3 is 1. The highest BCUT2D eigenvalue weighted by atomic mass is 35.5. The zero-order valence-corrected chi connectivity index (χ0v) is 23.8. The number of likely N-dealkylation sites (tertiary alicyclic amines) is 1. The number of aliphatic hydroxyl groups is 1. The van der Waals surface area contributed by atoms with E-state index in [0.29, 0.717) is 29.2 Å². The van der Waals surface area contributed by atoms with E-state index in [-0.39, 0.29) is 6.10 Å². The van der Waals surface area contributed by atoms with Crippen LogP contribution in [0.15, 0.2) is 35.4 Å². The number of hydrogen-bond donors (Lipinski definition) is 2. The second-order valence-electron chi connectivity index (χ2n) is 13.0. The second kappa shape index (κ2) is 13.4. The van der Waals surface area contributed by atoms with E-state index in [1.807, 2.05) is 13.2 Å². The number of aliphatic hydroxyl groups excluding tert-OH is 1. The highest BCUT2D eigenvalue weighted by Gasteiger charge is 2.40. The molecule has 0 aromatic heterocycles. The molecule has 7 atom stereocenters. The number of hydrogen-bond acceptors (Lipinski definition) is 4. The Hall–Kier alpha value is -0.650. The van der Waals surface area contributed by atoms with Gasteiger partial charge in [-0.25, -0.2) is 0 Å². The van der Waals surface area contributed by atoms with Crippen LogP contribution in [-0.2, 0) is 4.74 Å². The molecule has 1 heterocycles. The van der Waals surface area contributed by atoms with Gasteiger partial charge in [0.1, 0.15) is 0 Å². The molecule has 0 amide bonds. The van der Waals surface area contributed by atoms with Gasteiger partial charge in [-0.3, -0.25) is 0 Å². The first-order valence-electron chi connectivity index (χ1n) is 14.7. The standard InChI is InChI=1S/C31H51ClN2O2/c1-31(2)22-34(16-15-30(31)26-9-11-27(32)12-10-26)20-28(18-23-7-13-29(35)14-8-23)33-19-24-5-4-6-25(17-24)21-36-3/h7,9,11-13,23-26,28-30,33,35H,4-6,8,10,14-22H2,1-3H3/t23?,24?,25?,26?,28-,29?,30?/m1/s1. The monoisotopic (exact) mass is 518 g/mol. The summed E-state index contributed by atoms with van der Waals surface area (Å²) in [4.78, 5) is 2.74. The Kier molecular flexibility index (Phi) is 10.6. The van der Waals surface area contributed by atoms with Crippen molar-refractivity contribution in [2.75, 3.05) is 39.9 Å². The van der Waals surface area contributed by atoms with Crippen LogP contribution in [0.4, 0.5) is 0 Å². The van der Waals surface area contributed by atoms with E-state index in [0.717, 1.165) is 62.4 Å². The number of nitrogens with one attached hydrogen (secondary N) is 1. The lowest BCUT2D eigenvalue weighted by Crippen LogP contribution is -2.52. The summed E-state index contributed by atoms with van der Waals surface area (Å²) >= 11 is 6.20. The summed E-state index contributed by atoms with van der Waals surface area (Å²) in [6.07, 6.45) is 21.6. The lowest BCUT2D eigenvalue weighted by atomic mass is 9.66. The Morgan fingerprint density at radius 3 is 2.67 bits per heavy atom. The van der Waals surface area contributed by atoms with E-state index in [9.17, 15) is 5.11 Å².